The average Bonchev–Trinajstić information content (AvgIpc) is 2.47. The third-order valence-corrected chi connectivity index (χ3v) is 2.75. The highest BCUT2D eigenvalue weighted by Crippen LogP contribution is 2.14. The molecule has 0 bridgehead atoms. The summed E-state index contributed by atoms with van der Waals surface area (Å²) in [5.74, 6) is 0.439. The summed E-state index contributed by atoms with van der Waals surface area (Å²) >= 11 is 0. The molecule has 1 aromatic heterocycles. The van der Waals surface area contributed by atoms with Crippen molar-refractivity contribution < 1.29 is 13.2 Å². The number of aromatic nitrogens is 3. The van der Waals surface area contributed by atoms with E-state index in [-0.39, 0.29) is 11.8 Å². The fraction of sp³-hybridized carbons (Fsp3) is 0.667. The summed E-state index contributed by atoms with van der Waals surface area (Å²) < 4.78 is 28.3. The van der Waals surface area contributed by atoms with Gasteiger partial charge in [0, 0.05) is 24.3 Å². The van der Waals surface area contributed by atoms with E-state index in [0.29, 0.717) is 12.4 Å². The van der Waals surface area contributed by atoms with E-state index in [1.165, 1.54) is 11.7 Å². The van der Waals surface area contributed by atoms with E-state index in [0.717, 1.165) is 0 Å². The van der Waals surface area contributed by atoms with Gasteiger partial charge in [-0.25, -0.2) is 8.42 Å². The summed E-state index contributed by atoms with van der Waals surface area (Å²) in [7, 11) is 2.82. The smallest absolute Gasteiger partial charge is 0.296 e. The normalized spacial score (nSPS) is 11.9. The molecule has 0 aliphatic rings. The summed E-state index contributed by atoms with van der Waals surface area (Å²) in [4.78, 5) is 0. The number of hydrogen-bond acceptors (Lipinski definition) is 5. The molecule has 0 aliphatic heterocycles. The van der Waals surface area contributed by atoms with Crippen molar-refractivity contribution in [1.29, 1.82) is 0 Å². The molecule has 80 valence electrons. The molecule has 0 fully saturated rings. The molecule has 0 aliphatic carbocycles. The molecule has 6 nitrogen and oxygen atoms in total. The van der Waals surface area contributed by atoms with E-state index in [4.69, 9.17) is 15.4 Å². The van der Waals surface area contributed by atoms with Crippen LogP contribution < -0.4 is 0 Å². The second-order valence-corrected chi connectivity index (χ2v) is 4.97. The Hall–Kier alpha value is -0.660. The van der Waals surface area contributed by atoms with Crippen LogP contribution in [-0.4, -0.2) is 30.3 Å². The van der Waals surface area contributed by atoms with Gasteiger partial charge in [0.05, 0.1) is 0 Å². The summed E-state index contributed by atoms with van der Waals surface area (Å²) in [6.07, 6.45) is 0. The van der Waals surface area contributed by atoms with Crippen molar-refractivity contribution in [3.8, 4) is 0 Å². The quantitative estimate of drug-likeness (QED) is 0.710. The highest BCUT2D eigenvalue weighted by Gasteiger charge is 2.21. The summed E-state index contributed by atoms with van der Waals surface area (Å²) in [5.41, 5.74) is 0. The molecular weight excluding hydrogens is 230 g/mol. The predicted octanol–water partition coefficient (Wildman–Crippen LogP) is 0.372. The van der Waals surface area contributed by atoms with E-state index in [2.05, 4.69) is 10.2 Å². The van der Waals surface area contributed by atoms with Crippen LogP contribution in [0.15, 0.2) is 5.16 Å². The van der Waals surface area contributed by atoms with Crippen LogP contribution in [0.3, 0.4) is 0 Å². The third kappa shape index (κ3) is 2.23. The lowest BCUT2D eigenvalue weighted by Gasteiger charge is -2.03. The van der Waals surface area contributed by atoms with Crippen molar-refractivity contribution in [2.24, 2.45) is 0 Å². The fourth-order valence-electron chi connectivity index (χ4n) is 1.05. The highest BCUT2D eigenvalue weighted by molar-refractivity contribution is 8.13. The largest absolute Gasteiger partial charge is 0.377 e. The Labute approximate surface area is 86.3 Å². The molecule has 0 spiro atoms. The van der Waals surface area contributed by atoms with Crippen molar-refractivity contribution in [2.75, 3.05) is 7.11 Å². The summed E-state index contributed by atoms with van der Waals surface area (Å²) in [6, 6.07) is 0. The van der Waals surface area contributed by atoms with Crippen LogP contribution in [0.25, 0.3) is 0 Å². The lowest BCUT2D eigenvalue weighted by atomic mass is 10.6. The molecular formula is C6H10ClN3O3S. The van der Waals surface area contributed by atoms with Gasteiger partial charge in [-0.05, 0) is 6.92 Å². The zero-order chi connectivity index (χ0) is 10.8. The SMILES string of the molecule is CCn1c(COC)nnc1S(=O)(=O)Cl. The molecule has 1 heterocycles. The molecule has 0 saturated carbocycles. The van der Waals surface area contributed by atoms with Crippen molar-refractivity contribution in [2.45, 2.75) is 25.2 Å². The molecule has 0 atom stereocenters. The maximum absolute atomic E-state index is 11.0. The zero-order valence-corrected chi connectivity index (χ0v) is 9.34. The summed E-state index contributed by atoms with van der Waals surface area (Å²) in [6.45, 7) is 2.40. The fourth-order valence-corrected chi connectivity index (χ4v) is 2.03. The second-order valence-electron chi connectivity index (χ2n) is 2.51. The van der Waals surface area contributed by atoms with Crippen LogP contribution >= 0.6 is 10.7 Å². The van der Waals surface area contributed by atoms with Gasteiger partial charge < -0.3 is 4.74 Å². The topological polar surface area (TPSA) is 74.1 Å². The predicted molar refractivity (Wildman–Crippen MR) is 49.4 cm³/mol. The number of ether oxygens (including phenoxy) is 1. The molecule has 14 heavy (non-hydrogen) atoms. The first kappa shape index (κ1) is 11.4. The lowest BCUT2D eigenvalue weighted by molar-refractivity contribution is 0.173. The van der Waals surface area contributed by atoms with Gasteiger partial charge in [-0.2, -0.15) is 0 Å². The van der Waals surface area contributed by atoms with E-state index >= 15 is 0 Å². The number of rotatable bonds is 4. The van der Waals surface area contributed by atoms with Gasteiger partial charge >= 0.3 is 0 Å². The Kier molecular flexibility index (Phi) is 3.46. The Morgan fingerprint density at radius 3 is 2.57 bits per heavy atom. The van der Waals surface area contributed by atoms with Crippen molar-refractivity contribution in [3.63, 3.8) is 0 Å². The molecule has 0 amide bonds. The minimum Gasteiger partial charge on any atom is -0.377 e. The Bertz CT molecular complexity index is 414. The maximum Gasteiger partial charge on any atom is 0.296 e. The Morgan fingerprint density at radius 2 is 2.14 bits per heavy atom. The molecule has 8 heteroatoms. The van der Waals surface area contributed by atoms with E-state index in [1.54, 1.807) is 6.92 Å². The van der Waals surface area contributed by atoms with Crippen LogP contribution in [0, 0.1) is 0 Å². The second kappa shape index (κ2) is 4.24. The van der Waals surface area contributed by atoms with Gasteiger partial charge in [-0.1, -0.05) is 0 Å². The van der Waals surface area contributed by atoms with E-state index in [9.17, 15) is 8.42 Å². The van der Waals surface area contributed by atoms with Crippen LogP contribution in [0.1, 0.15) is 12.7 Å². The monoisotopic (exact) mass is 239 g/mol. The zero-order valence-electron chi connectivity index (χ0n) is 7.77. The number of nitrogens with zero attached hydrogens (tertiary/aromatic N) is 3. The van der Waals surface area contributed by atoms with Crippen molar-refractivity contribution in [1.82, 2.24) is 14.8 Å². The Morgan fingerprint density at radius 1 is 1.50 bits per heavy atom. The standard InChI is InChI=1S/C6H10ClN3O3S/c1-3-10-5(4-13-2)8-9-6(10)14(7,11)12/h3-4H2,1-2H3. The maximum atomic E-state index is 11.0. The van der Waals surface area contributed by atoms with Gasteiger partial charge in [0.15, 0.2) is 5.82 Å². The molecule has 0 radical (unpaired) electrons. The first-order valence-electron chi connectivity index (χ1n) is 3.86. The van der Waals surface area contributed by atoms with Gasteiger partial charge in [-0.3, -0.25) is 4.57 Å². The first-order chi connectivity index (χ1) is 6.50. The Balaban J connectivity index is 3.21. The minimum atomic E-state index is -3.84. The number of halogens is 1. The molecule has 0 N–H and O–H groups in total. The van der Waals surface area contributed by atoms with Crippen LogP contribution in [0.2, 0.25) is 0 Å². The molecule has 1 aromatic rings. The van der Waals surface area contributed by atoms with Gasteiger partial charge in [0.25, 0.3) is 14.2 Å². The molecule has 0 saturated heterocycles. The van der Waals surface area contributed by atoms with Crippen molar-refractivity contribution in [3.05, 3.63) is 5.82 Å². The van der Waals surface area contributed by atoms with Gasteiger partial charge in [0.1, 0.15) is 6.61 Å². The minimum absolute atomic E-state index is 0.202. The van der Waals surface area contributed by atoms with Crippen LogP contribution in [0.5, 0.6) is 0 Å². The van der Waals surface area contributed by atoms with E-state index < -0.39 is 9.05 Å². The van der Waals surface area contributed by atoms with Crippen molar-refractivity contribution >= 4 is 19.7 Å². The first-order valence-corrected chi connectivity index (χ1v) is 6.17. The molecule has 1 rings (SSSR count). The number of hydrogen-bond donors (Lipinski definition) is 0. The molecule has 0 unspecified atom stereocenters. The van der Waals surface area contributed by atoms with Crippen LogP contribution in [0.4, 0.5) is 0 Å². The lowest BCUT2D eigenvalue weighted by Crippen LogP contribution is -2.08. The van der Waals surface area contributed by atoms with Gasteiger partial charge in [0.2, 0.25) is 0 Å². The highest BCUT2D eigenvalue weighted by atomic mass is 35.7. The van der Waals surface area contributed by atoms with E-state index in [1.807, 2.05) is 0 Å². The third-order valence-electron chi connectivity index (χ3n) is 1.60. The van der Waals surface area contributed by atoms with Crippen LogP contribution in [-0.2, 0) is 26.9 Å². The average molecular weight is 240 g/mol. The van der Waals surface area contributed by atoms with Gasteiger partial charge in [-0.15, -0.1) is 10.2 Å². The number of methoxy groups -OCH3 is 1. The summed E-state index contributed by atoms with van der Waals surface area (Å²) in [5, 5.41) is 6.92. The molecule has 0 aromatic carbocycles.